The first-order valence-corrected chi connectivity index (χ1v) is 8.51. The van der Waals surface area contributed by atoms with E-state index in [2.05, 4.69) is 12.2 Å². The Morgan fingerprint density at radius 2 is 2.10 bits per heavy atom. The van der Waals surface area contributed by atoms with Crippen molar-refractivity contribution in [3.63, 3.8) is 0 Å². The summed E-state index contributed by atoms with van der Waals surface area (Å²) in [5, 5.41) is 3.67. The van der Waals surface area contributed by atoms with Gasteiger partial charge < -0.3 is 10.1 Å². The minimum atomic E-state index is 0.142. The monoisotopic (exact) mass is 287 g/mol. The second-order valence-electron chi connectivity index (χ2n) is 6.89. The van der Waals surface area contributed by atoms with Crippen molar-refractivity contribution in [1.82, 2.24) is 15.3 Å². The van der Waals surface area contributed by atoms with Crippen molar-refractivity contribution < 1.29 is 4.74 Å². The minimum absolute atomic E-state index is 0.142. The van der Waals surface area contributed by atoms with E-state index in [9.17, 15) is 0 Å². The molecule has 0 bridgehead atoms. The summed E-state index contributed by atoms with van der Waals surface area (Å²) in [6, 6.07) is 0.811. The molecule has 0 spiro atoms. The van der Waals surface area contributed by atoms with Crippen molar-refractivity contribution in [2.45, 2.75) is 64.0 Å². The summed E-state index contributed by atoms with van der Waals surface area (Å²) in [5.74, 6) is 1.69. The SMILES string of the molecule is Cc1nc(C2CCCO2)nc2c1CC(CNC1CC1)CC2. The Labute approximate surface area is 126 Å². The number of hydrogen-bond donors (Lipinski definition) is 1. The third kappa shape index (κ3) is 2.97. The van der Waals surface area contributed by atoms with Gasteiger partial charge in [-0.05, 0) is 69.9 Å². The molecule has 3 aliphatic rings. The number of hydrogen-bond acceptors (Lipinski definition) is 4. The molecule has 2 atom stereocenters. The van der Waals surface area contributed by atoms with Crippen LogP contribution < -0.4 is 5.32 Å². The lowest BCUT2D eigenvalue weighted by molar-refractivity contribution is 0.104. The molecular weight excluding hydrogens is 262 g/mol. The Morgan fingerprint density at radius 1 is 1.19 bits per heavy atom. The standard InChI is InChI=1S/C17H25N3O/c1-11-14-9-12(10-18-13-5-6-13)4-7-15(14)20-17(19-11)16-3-2-8-21-16/h12-13,16,18H,2-10H2,1H3. The summed E-state index contributed by atoms with van der Waals surface area (Å²) in [7, 11) is 0. The molecule has 2 unspecified atom stereocenters. The molecule has 2 fully saturated rings. The lowest BCUT2D eigenvalue weighted by Crippen LogP contribution is -2.30. The van der Waals surface area contributed by atoms with Crippen molar-refractivity contribution >= 4 is 0 Å². The minimum Gasteiger partial charge on any atom is -0.370 e. The molecule has 1 aromatic heterocycles. The van der Waals surface area contributed by atoms with Gasteiger partial charge in [-0.1, -0.05) is 0 Å². The Hall–Kier alpha value is -1.00. The average Bonchev–Trinajstić information content (AvgIpc) is 3.16. The van der Waals surface area contributed by atoms with Gasteiger partial charge in [-0.25, -0.2) is 9.97 Å². The van der Waals surface area contributed by atoms with E-state index in [1.165, 1.54) is 36.2 Å². The first-order valence-electron chi connectivity index (χ1n) is 8.51. The van der Waals surface area contributed by atoms with E-state index in [0.717, 1.165) is 56.6 Å². The van der Waals surface area contributed by atoms with E-state index in [4.69, 9.17) is 14.7 Å². The lowest BCUT2D eigenvalue weighted by Gasteiger charge is -2.26. The maximum absolute atomic E-state index is 5.74. The van der Waals surface area contributed by atoms with Crippen LogP contribution in [0.1, 0.15) is 61.0 Å². The third-order valence-electron chi connectivity index (χ3n) is 5.09. The third-order valence-corrected chi connectivity index (χ3v) is 5.09. The van der Waals surface area contributed by atoms with Gasteiger partial charge in [-0.3, -0.25) is 0 Å². The van der Waals surface area contributed by atoms with E-state index >= 15 is 0 Å². The van der Waals surface area contributed by atoms with Crippen LogP contribution >= 0.6 is 0 Å². The Kier molecular flexibility index (Phi) is 3.67. The molecule has 4 rings (SSSR count). The van der Waals surface area contributed by atoms with Crippen LogP contribution in [0.25, 0.3) is 0 Å². The number of nitrogens with zero attached hydrogens (tertiary/aromatic N) is 2. The number of rotatable bonds is 4. The summed E-state index contributed by atoms with van der Waals surface area (Å²) >= 11 is 0. The fourth-order valence-corrected chi connectivity index (χ4v) is 3.60. The molecule has 1 aliphatic heterocycles. The van der Waals surface area contributed by atoms with Gasteiger partial charge in [0.25, 0.3) is 0 Å². The largest absolute Gasteiger partial charge is 0.370 e. The predicted molar refractivity (Wildman–Crippen MR) is 81.2 cm³/mol. The number of aromatic nitrogens is 2. The molecule has 0 aromatic carbocycles. The second kappa shape index (κ2) is 5.65. The van der Waals surface area contributed by atoms with Crippen molar-refractivity contribution in [3.05, 3.63) is 22.8 Å². The Morgan fingerprint density at radius 3 is 2.86 bits per heavy atom. The summed E-state index contributed by atoms with van der Waals surface area (Å²) in [6.45, 7) is 4.17. The lowest BCUT2D eigenvalue weighted by atomic mass is 9.85. The molecule has 1 saturated heterocycles. The van der Waals surface area contributed by atoms with E-state index in [1.807, 2.05) is 0 Å². The Balaban J connectivity index is 1.49. The van der Waals surface area contributed by atoms with Gasteiger partial charge in [0.05, 0.1) is 0 Å². The van der Waals surface area contributed by atoms with Crippen LogP contribution in [0, 0.1) is 12.8 Å². The fraction of sp³-hybridized carbons (Fsp3) is 0.765. The number of fused-ring (bicyclic) bond motifs is 1. The van der Waals surface area contributed by atoms with Crippen molar-refractivity contribution in [1.29, 1.82) is 0 Å². The van der Waals surface area contributed by atoms with Crippen LogP contribution in [0.15, 0.2) is 0 Å². The summed E-state index contributed by atoms with van der Waals surface area (Å²) in [4.78, 5) is 9.60. The average molecular weight is 287 g/mol. The van der Waals surface area contributed by atoms with Crippen molar-refractivity contribution in [3.8, 4) is 0 Å². The fourth-order valence-electron chi connectivity index (χ4n) is 3.60. The first-order chi connectivity index (χ1) is 10.3. The van der Waals surface area contributed by atoms with Crippen LogP contribution in [0.2, 0.25) is 0 Å². The van der Waals surface area contributed by atoms with Crippen molar-refractivity contribution in [2.75, 3.05) is 13.2 Å². The topological polar surface area (TPSA) is 47.0 Å². The van der Waals surface area contributed by atoms with Crippen LogP contribution in [-0.2, 0) is 17.6 Å². The van der Waals surface area contributed by atoms with Gasteiger partial charge in [0.2, 0.25) is 0 Å². The number of aryl methyl sites for hydroxylation is 2. The van der Waals surface area contributed by atoms with Gasteiger partial charge in [0.1, 0.15) is 6.10 Å². The van der Waals surface area contributed by atoms with E-state index < -0.39 is 0 Å². The summed E-state index contributed by atoms with van der Waals surface area (Å²) in [6.07, 6.45) is 8.61. The van der Waals surface area contributed by atoms with E-state index in [-0.39, 0.29) is 6.10 Å². The molecule has 21 heavy (non-hydrogen) atoms. The zero-order valence-electron chi connectivity index (χ0n) is 12.9. The summed E-state index contributed by atoms with van der Waals surface area (Å²) in [5.41, 5.74) is 3.88. The van der Waals surface area contributed by atoms with Crippen molar-refractivity contribution in [2.24, 2.45) is 5.92 Å². The molecule has 4 heteroatoms. The van der Waals surface area contributed by atoms with Crippen LogP contribution in [0.3, 0.4) is 0 Å². The molecule has 1 aromatic rings. The molecule has 114 valence electrons. The van der Waals surface area contributed by atoms with E-state index in [1.54, 1.807) is 0 Å². The molecule has 1 N–H and O–H groups in total. The normalized spacial score (nSPS) is 28.6. The molecule has 2 heterocycles. The molecule has 1 saturated carbocycles. The highest BCUT2D eigenvalue weighted by Crippen LogP contribution is 2.31. The predicted octanol–water partition coefficient (Wildman–Crippen LogP) is 2.49. The maximum Gasteiger partial charge on any atom is 0.157 e. The van der Waals surface area contributed by atoms with E-state index in [0.29, 0.717) is 0 Å². The van der Waals surface area contributed by atoms with Crippen LogP contribution in [0.4, 0.5) is 0 Å². The highest BCUT2D eigenvalue weighted by atomic mass is 16.5. The zero-order chi connectivity index (χ0) is 14.2. The van der Waals surface area contributed by atoms with Gasteiger partial charge in [0.15, 0.2) is 5.82 Å². The number of ether oxygens (including phenoxy) is 1. The van der Waals surface area contributed by atoms with Crippen LogP contribution in [0.5, 0.6) is 0 Å². The highest BCUT2D eigenvalue weighted by molar-refractivity contribution is 5.29. The quantitative estimate of drug-likeness (QED) is 0.924. The molecule has 4 nitrogen and oxygen atoms in total. The highest BCUT2D eigenvalue weighted by Gasteiger charge is 2.28. The van der Waals surface area contributed by atoms with Crippen LogP contribution in [-0.4, -0.2) is 29.2 Å². The zero-order valence-corrected chi connectivity index (χ0v) is 12.9. The smallest absolute Gasteiger partial charge is 0.157 e. The van der Waals surface area contributed by atoms with Gasteiger partial charge in [-0.15, -0.1) is 0 Å². The Bertz CT molecular complexity index is 521. The second-order valence-corrected chi connectivity index (χ2v) is 6.89. The van der Waals surface area contributed by atoms with Gasteiger partial charge in [0, 0.05) is 24.0 Å². The maximum atomic E-state index is 5.74. The molecule has 2 aliphatic carbocycles. The van der Waals surface area contributed by atoms with Gasteiger partial charge >= 0.3 is 0 Å². The molecular formula is C17H25N3O. The molecule has 0 amide bonds. The first kappa shape index (κ1) is 13.6. The number of nitrogens with one attached hydrogen (secondary N) is 1. The molecule has 0 radical (unpaired) electrons. The summed E-state index contributed by atoms with van der Waals surface area (Å²) < 4.78 is 5.74. The van der Waals surface area contributed by atoms with Gasteiger partial charge in [-0.2, -0.15) is 0 Å².